The first kappa shape index (κ1) is 13.0. The average Bonchev–Trinajstić information content (AvgIpc) is 3.09. The lowest BCUT2D eigenvalue weighted by molar-refractivity contribution is -0.136. The van der Waals surface area contributed by atoms with Crippen molar-refractivity contribution in [2.45, 2.75) is 13.0 Å². The predicted octanol–water partition coefficient (Wildman–Crippen LogP) is 1.14. The van der Waals surface area contributed by atoms with Crippen molar-refractivity contribution in [3.8, 4) is 5.69 Å². The zero-order valence-corrected chi connectivity index (χ0v) is 11.1. The number of hydrogen-bond donors (Lipinski definition) is 1. The molecule has 2 aromatic heterocycles. The summed E-state index contributed by atoms with van der Waals surface area (Å²) in [6, 6.07) is 9.79. The second-order valence-electron chi connectivity index (χ2n) is 4.61. The maximum atomic E-state index is 10.6. The van der Waals surface area contributed by atoms with E-state index >= 15 is 0 Å². The van der Waals surface area contributed by atoms with Crippen molar-refractivity contribution < 1.29 is 9.90 Å². The number of aromatic nitrogens is 5. The topological polar surface area (TPSA) is 85.8 Å². The molecule has 0 aliphatic heterocycles. The number of para-hydroxylation sites is 1. The Bertz CT molecular complexity index is 748. The second-order valence-corrected chi connectivity index (χ2v) is 4.61. The number of aliphatic carboxylic acids is 1. The monoisotopic (exact) mass is 283 g/mol. The van der Waals surface area contributed by atoms with E-state index in [0.717, 1.165) is 11.3 Å². The zero-order valence-electron chi connectivity index (χ0n) is 11.1. The predicted molar refractivity (Wildman–Crippen MR) is 74.0 cm³/mol. The Morgan fingerprint density at radius 3 is 2.76 bits per heavy atom. The van der Waals surface area contributed by atoms with Crippen LogP contribution in [0.1, 0.15) is 11.3 Å². The summed E-state index contributed by atoms with van der Waals surface area (Å²) < 4.78 is 3.38. The molecule has 3 rings (SSSR count). The summed E-state index contributed by atoms with van der Waals surface area (Å²) in [5.74, 6) is -0.918. The van der Waals surface area contributed by atoms with Crippen LogP contribution in [-0.2, 0) is 17.8 Å². The Hall–Kier alpha value is -2.96. The molecule has 7 nitrogen and oxygen atoms in total. The summed E-state index contributed by atoms with van der Waals surface area (Å²) in [5.41, 5.74) is 2.39. The van der Waals surface area contributed by atoms with Gasteiger partial charge < -0.3 is 5.11 Å². The van der Waals surface area contributed by atoms with Crippen LogP contribution in [0.2, 0.25) is 0 Å². The highest BCUT2D eigenvalue weighted by Gasteiger charge is 2.07. The van der Waals surface area contributed by atoms with Gasteiger partial charge >= 0.3 is 5.97 Å². The molecule has 0 saturated carbocycles. The second kappa shape index (κ2) is 5.58. The molecule has 21 heavy (non-hydrogen) atoms. The zero-order chi connectivity index (χ0) is 14.7. The molecule has 0 spiro atoms. The van der Waals surface area contributed by atoms with Crippen LogP contribution in [0, 0.1) is 0 Å². The van der Waals surface area contributed by atoms with E-state index in [0.29, 0.717) is 12.2 Å². The molecule has 0 bridgehead atoms. The lowest BCUT2D eigenvalue weighted by atomic mass is 10.3. The van der Waals surface area contributed by atoms with Gasteiger partial charge in [-0.05, 0) is 12.1 Å². The summed E-state index contributed by atoms with van der Waals surface area (Å²) >= 11 is 0. The van der Waals surface area contributed by atoms with Crippen molar-refractivity contribution >= 4 is 5.97 Å². The molecule has 0 amide bonds. The normalized spacial score (nSPS) is 10.7. The Kier molecular flexibility index (Phi) is 3.46. The number of nitrogens with zero attached hydrogens (tertiary/aromatic N) is 5. The minimum atomic E-state index is -0.918. The SMILES string of the molecule is O=C(O)Cc1cn(Cc2cnn(-c3ccccc3)c2)nn1. The van der Waals surface area contributed by atoms with Crippen LogP contribution in [-0.4, -0.2) is 35.9 Å². The third kappa shape index (κ3) is 3.14. The van der Waals surface area contributed by atoms with E-state index in [9.17, 15) is 4.79 Å². The van der Waals surface area contributed by atoms with Crippen LogP contribution in [0.4, 0.5) is 0 Å². The van der Waals surface area contributed by atoms with Gasteiger partial charge in [-0.15, -0.1) is 5.10 Å². The summed E-state index contributed by atoms with van der Waals surface area (Å²) in [5, 5.41) is 20.7. The third-order valence-corrected chi connectivity index (χ3v) is 2.92. The smallest absolute Gasteiger partial charge is 0.309 e. The van der Waals surface area contributed by atoms with Crippen LogP contribution in [0.3, 0.4) is 0 Å². The largest absolute Gasteiger partial charge is 0.481 e. The Morgan fingerprint density at radius 2 is 2.00 bits per heavy atom. The number of carboxylic acid groups (broad SMARTS) is 1. The molecule has 106 valence electrons. The van der Waals surface area contributed by atoms with Gasteiger partial charge in [0.25, 0.3) is 0 Å². The maximum absolute atomic E-state index is 10.6. The highest BCUT2D eigenvalue weighted by molar-refractivity contribution is 5.69. The summed E-state index contributed by atoms with van der Waals surface area (Å²) in [7, 11) is 0. The van der Waals surface area contributed by atoms with Crippen LogP contribution in [0.15, 0.2) is 48.9 Å². The third-order valence-electron chi connectivity index (χ3n) is 2.92. The molecule has 1 aromatic carbocycles. The van der Waals surface area contributed by atoms with Crippen molar-refractivity contribution in [1.82, 2.24) is 24.8 Å². The molecular formula is C14H13N5O2. The molecule has 0 aliphatic rings. The molecule has 0 unspecified atom stereocenters. The van der Waals surface area contributed by atoms with Gasteiger partial charge in [0, 0.05) is 18.0 Å². The quantitative estimate of drug-likeness (QED) is 0.759. The minimum absolute atomic E-state index is 0.122. The summed E-state index contributed by atoms with van der Waals surface area (Å²) in [4.78, 5) is 10.6. The fourth-order valence-electron chi connectivity index (χ4n) is 2.00. The van der Waals surface area contributed by atoms with Crippen molar-refractivity contribution in [3.63, 3.8) is 0 Å². The Labute approximate surface area is 120 Å². The number of carboxylic acids is 1. The Morgan fingerprint density at radius 1 is 1.19 bits per heavy atom. The van der Waals surface area contributed by atoms with Crippen molar-refractivity contribution in [1.29, 1.82) is 0 Å². The van der Waals surface area contributed by atoms with Gasteiger partial charge in [-0.3, -0.25) is 4.79 Å². The van der Waals surface area contributed by atoms with E-state index < -0.39 is 5.97 Å². The molecule has 0 atom stereocenters. The maximum Gasteiger partial charge on any atom is 0.309 e. The average molecular weight is 283 g/mol. The van der Waals surface area contributed by atoms with Gasteiger partial charge in [0.05, 0.1) is 30.5 Å². The van der Waals surface area contributed by atoms with Crippen LogP contribution in [0.5, 0.6) is 0 Å². The number of rotatable bonds is 5. The number of hydrogen-bond acceptors (Lipinski definition) is 4. The van der Waals surface area contributed by atoms with Gasteiger partial charge in [0.2, 0.25) is 0 Å². The van der Waals surface area contributed by atoms with E-state index in [1.807, 2.05) is 36.5 Å². The molecule has 2 heterocycles. The highest BCUT2D eigenvalue weighted by Crippen LogP contribution is 2.08. The van der Waals surface area contributed by atoms with Crippen molar-refractivity contribution in [2.75, 3.05) is 0 Å². The Balaban J connectivity index is 1.73. The van der Waals surface area contributed by atoms with E-state index in [4.69, 9.17) is 5.11 Å². The molecule has 3 aromatic rings. The summed E-state index contributed by atoms with van der Waals surface area (Å²) in [6.07, 6.45) is 5.18. The lowest BCUT2D eigenvalue weighted by Crippen LogP contribution is -2.00. The van der Waals surface area contributed by atoms with E-state index in [2.05, 4.69) is 15.4 Å². The molecule has 0 saturated heterocycles. The summed E-state index contributed by atoms with van der Waals surface area (Å²) in [6.45, 7) is 0.499. The van der Waals surface area contributed by atoms with Gasteiger partial charge in [0.1, 0.15) is 0 Å². The number of carbonyl (C=O) groups is 1. The molecule has 0 fully saturated rings. The minimum Gasteiger partial charge on any atom is -0.481 e. The van der Waals surface area contributed by atoms with Gasteiger partial charge in [-0.25, -0.2) is 9.36 Å². The van der Waals surface area contributed by atoms with E-state index in [-0.39, 0.29) is 6.42 Å². The van der Waals surface area contributed by atoms with E-state index in [1.54, 1.807) is 21.8 Å². The van der Waals surface area contributed by atoms with Crippen molar-refractivity contribution in [2.24, 2.45) is 0 Å². The first-order chi connectivity index (χ1) is 10.2. The molecule has 7 heteroatoms. The molecule has 0 aliphatic carbocycles. The first-order valence-corrected chi connectivity index (χ1v) is 6.40. The molecule has 0 radical (unpaired) electrons. The fraction of sp³-hybridized carbons (Fsp3) is 0.143. The highest BCUT2D eigenvalue weighted by atomic mass is 16.4. The van der Waals surface area contributed by atoms with Crippen LogP contribution >= 0.6 is 0 Å². The standard InChI is InChI=1S/C14H13N5O2/c20-14(21)6-12-10-18(17-16-12)8-11-7-15-19(9-11)13-4-2-1-3-5-13/h1-5,7,9-10H,6,8H2,(H,20,21). The molecular weight excluding hydrogens is 270 g/mol. The van der Waals surface area contributed by atoms with Gasteiger partial charge in [-0.1, -0.05) is 23.4 Å². The lowest BCUT2D eigenvalue weighted by Gasteiger charge is -1.99. The molecule has 1 N–H and O–H groups in total. The fourth-order valence-corrected chi connectivity index (χ4v) is 2.00. The van der Waals surface area contributed by atoms with Gasteiger partial charge in [-0.2, -0.15) is 5.10 Å². The van der Waals surface area contributed by atoms with Crippen molar-refractivity contribution in [3.05, 3.63) is 60.2 Å². The first-order valence-electron chi connectivity index (χ1n) is 6.40. The van der Waals surface area contributed by atoms with Gasteiger partial charge in [0.15, 0.2) is 0 Å². The van der Waals surface area contributed by atoms with E-state index in [1.165, 1.54) is 0 Å². The van der Waals surface area contributed by atoms with Crippen LogP contribution in [0.25, 0.3) is 5.69 Å². The van der Waals surface area contributed by atoms with Crippen LogP contribution < -0.4 is 0 Å². The number of benzene rings is 1.